The van der Waals surface area contributed by atoms with E-state index in [-0.39, 0.29) is 4.87 Å². The molecule has 0 saturated heterocycles. The normalized spacial score (nSPS) is 16.1. The van der Waals surface area contributed by atoms with E-state index >= 15 is 0 Å². The average Bonchev–Trinajstić information content (AvgIpc) is 3.32. The van der Waals surface area contributed by atoms with Crippen molar-refractivity contribution in [2.45, 2.75) is 45.8 Å². The smallest absolute Gasteiger partial charge is 0.302 e. The molecule has 0 aliphatic heterocycles. The highest BCUT2D eigenvalue weighted by molar-refractivity contribution is 7.07. The van der Waals surface area contributed by atoms with Crippen LogP contribution >= 0.6 is 11.3 Å². The third-order valence-corrected chi connectivity index (χ3v) is 5.58. The van der Waals surface area contributed by atoms with Crippen LogP contribution in [-0.4, -0.2) is 22.1 Å². The van der Waals surface area contributed by atoms with E-state index in [0.29, 0.717) is 6.04 Å². The quantitative estimate of drug-likeness (QED) is 0.781. The van der Waals surface area contributed by atoms with Crippen LogP contribution < -0.4 is 4.87 Å². The summed E-state index contributed by atoms with van der Waals surface area (Å²) in [5.41, 5.74) is 2.43. The lowest BCUT2D eigenvalue weighted by atomic mass is 10.1. The summed E-state index contributed by atoms with van der Waals surface area (Å²) in [5, 5.41) is 1.95. The third kappa shape index (κ3) is 3.68. The summed E-state index contributed by atoms with van der Waals surface area (Å²) in [6.07, 6.45) is 2.70. The second-order valence-electron chi connectivity index (χ2n) is 6.33. The standard InChI is InChI=1S/C18H24N2OS/c1-14-13-22-18(21)20(14)11-10-19(15(2)17-8-9-17)12-16-6-4-3-5-7-16/h3-7,13,15,17H,8-12H2,1-2H3. The van der Waals surface area contributed by atoms with Crippen molar-refractivity contribution in [3.8, 4) is 0 Å². The number of hydrogen-bond acceptors (Lipinski definition) is 3. The predicted molar refractivity (Wildman–Crippen MR) is 92.4 cm³/mol. The van der Waals surface area contributed by atoms with Gasteiger partial charge >= 0.3 is 4.87 Å². The highest BCUT2D eigenvalue weighted by Gasteiger charge is 2.31. The molecule has 1 aliphatic carbocycles. The number of hydrogen-bond donors (Lipinski definition) is 0. The first-order chi connectivity index (χ1) is 10.6. The molecule has 0 amide bonds. The first kappa shape index (κ1) is 15.5. The Kier molecular flexibility index (Phi) is 4.79. The molecule has 1 fully saturated rings. The fourth-order valence-corrected chi connectivity index (χ4v) is 3.79. The molecule has 2 aromatic rings. The highest BCUT2D eigenvalue weighted by atomic mass is 32.1. The first-order valence-electron chi connectivity index (χ1n) is 8.08. The van der Waals surface area contributed by atoms with Gasteiger partial charge in [0.2, 0.25) is 0 Å². The van der Waals surface area contributed by atoms with Gasteiger partial charge in [0.1, 0.15) is 0 Å². The summed E-state index contributed by atoms with van der Waals surface area (Å²) in [5.74, 6) is 0.837. The van der Waals surface area contributed by atoms with Gasteiger partial charge in [0, 0.05) is 36.8 Å². The molecule has 0 bridgehead atoms. The molecule has 1 saturated carbocycles. The van der Waals surface area contributed by atoms with Crippen LogP contribution in [0, 0.1) is 12.8 Å². The van der Waals surface area contributed by atoms with Gasteiger partial charge in [-0.3, -0.25) is 9.69 Å². The molecule has 3 nitrogen and oxygen atoms in total. The zero-order valence-corrected chi connectivity index (χ0v) is 14.2. The Hall–Kier alpha value is -1.39. The van der Waals surface area contributed by atoms with Crippen LogP contribution in [0.3, 0.4) is 0 Å². The van der Waals surface area contributed by atoms with Crippen LogP contribution in [0.4, 0.5) is 0 Å². The third-order valence-electron chi connectivity index (χ3n) is 4.70. The second-order valence-corrected chi connectivity index (χ2v) is 7.15. The summed E-state index contributed by atoms with van der Waals surface area (Å²) in [4.78, 5) is 14.6. The van der Waals surface area contributed by atoms with E-state index < -0.39 is 0 Å². The number of nitrogens with zero attached hydrogens (tertiary/aromatic N) is 2. The maximum Gasteiger partial charge on any atom is 0.307 e. The number of aryl methyl sites for hydroxylation is 1. The van der Waals surface area contributed by atoms with Gasteiger partial charge in [-0.25, -0.2) is 0 Å². The van der Waals surface area contributed by atoms with Crippen LogP contribution in [-0.2, 0) is 13.1 Å². The summed E-state index contributed by atoms with van der Waals surface area (Å²) >= 11 is 1.30. The summed E-state index contributed by atoms with van der Waals surface area (Å²) in [6, 6.07) is 11.2. The van der Waals surface area contributed by atoms with Crippen molar-refractivity contribution in [1.29, 1.82) is 0 Å². The summed E-state index contributed by atoms with van der Waals surface area (Å²) in [7, 11) is 0. The lowest BCUT2D eigenvalue weighted by Gasteiger charge is -2.29. The number of aromatic nitrogens is 1. The molecular weight excluding hydrogens is 292 g/mol. The predicted octanol–water partition coefficient (Wildman–Crippen LogP) is 3.52. The van der Waals surface area contributed by atoms with E-state index in [2.05, 4.69) is 42.2 Å². The number of benzene rings is 1. The lowest BCUT2D eigenvalue weighted by Crippen LogP contribution is -2.37. The van der Waals surface area contributed by atoms with Gasteiger partial charge in [-0.15, -0.1) is 0 Å². The van der Waals surface area contributed by atoms with Gasteiger partial charge in [0.15, 0.2) is 0 Å². The zero-order chi connectivity index (χ0) is 15.5. The molecule has 1 aliphatic rings. The van der Waals surface area contributed by atoms with E-state index in [1.54, 1.807) is 0 Å². The Bertz CT molecular complexity index is 657. The molecule has 0 spiro atoms. The SMILES string of the molecule is Cc1csc(=O)n1CCN(Cc1ccccc1)C(C)C1CC1. The Morgan fingerprint density at radius 2 is 2.05 bits per heavy atom. The molecule has 3 rings (SSSR count). The molecule has 1 atom stereocenters. The largest absolute Gasteiger partial charge is 0.307 e. The van der Waals surface area contributed by atoms with Gasteiger partial charge in [0.05, 0.1) is 0 Å². The van der Waals surface area contributed by atoms with Crippen molar-refractivity contribution in [3.05, 3.63) is 56.6 Å². The van der Waals surface area contributed by atoms with Gasteiger partial charge < -0.3 is 4.57 Å². The minimum Gasteiger partial charge on any atom is -0.302 e. The van der Waals surface area contributed by atoms with Gasteiger partial charge in [0.25, 0.3) is 0 Å². The molecule has 0 radical (unpaired) electrons. The Morgan fingerprint density at radius 1 is 1.32 bits per heavy atom. The van der Waals surface area contributed by atoms with Crippen LogP contribution in [0.15, 0.2) is 40.5 Å². The van der Waals surface area contributed by atoms with Gasteiger partial charge in [-0.2, -0.15) is 0 Å². The fourth-order valence-electron chi connectivity index (χ4n) is 3.02. The topological polar surface area (TPSA) is 25.2 Å². The molecule has 1 aromatic carbocycles. The van der Waals surface area contributed by atoms with Crippen molar-refractivity contribution >= 4 is 11.3 Å². The van der Waals surface area contributed by atoms with Gasteiger partial charge in [-0.05, 0) is 38.2 Å². The Morgan fingerprint density at radius 3 is 2.64 bits per heavy atom. The summed E-state index contributed by atoms with van der Waals surface area (Å²) < 4.78 is 1.91. The molecule has 4 heteroatoms. The van der Waals surface area contributed by atoms with Crippen LogP contribution in [0.2, 0.25) is 0 Å². The molecule has 22 heavy (non-hydrogen) atoms. The minimum atomic E-state index is 0.163. The molecule has 0 N–H and O–H groups in total. The maximum atomic E-state index is 11.9. The zero-order valence-electron chi connectivity index (χ0n) is 13.4. The van der Waals surface area contributed by atoms with Crippen molar-refractivity contribution in [2.24, 2.45) is 5.92 Å². The molecular formula is C18H24N2OS. The van der Waals surface area contributed by atoms with E-state index in [1.807, 2.05) is 16.9 Å². The molecule has 1 unspecified atom stereocenters. The average molecular weight is 316 g/mol. The van der Waals surface area contributed by atoms with Crippen molar-refractivity contribution in [1.82, 2.24) is 9.47 Å². The van der Waals surface area contributed by atoms with E-state index in [1.165, 1.54) is 29.7 Å². The first-order valence-corrected chi connectivity index (χ1v) is 8.96. The monoisotopic (exact) mass is 316 g/mol. The van der Waals surface area contributed by atoms with E-state index in [4.69, 9.17) is 0 Å². The van der Waals surface area contributed by atoms with Gasteiger partial charge in [-0.1, -0.05) is 41.7 Å². The lowest BCUT2D eigenvalue weighted by molar-refractivity contribution is 0.173. The van der Waals surface area contributed by atoms with E-state index in [9.17, 15) is 4.79 Å². The fraction of sp³-hybridized carbons (Fsp3) is 0.500. The highest BCUT2D eigenvalue weighted by Crippen LogP contribution is 2.35. The molecule has 1 aromatic heterocycles. The van der Waals surface area contributed by atoms with E-state index in [0.717, 1.165) is 31.2 Å². The Balaban J connectivity index is 1.69. The summed E-state index contributed by atoms with van der Waals surface area (Å²) in [6.45, 7) is 7.05. The maximum absolute atomic E-state index is 11.9. The van der Waals surface area contributed by atoms with Crippen molar-refractivity contribution in [3.63, 3.8) is 0 Å². The second kappa shape index (κ2) is 6.80. The van der Waals surface area contributed by atoms with Crippen molar-refractivity contribution < 1.29 is 0 Å². The van der Waals surface area contributed by atoms with Crippen molar-refractivity contribution in [2.75, 3.05) is 6.54 Å². The van der Waals surface area contributed by atoms with Crippen LogP contribution in [0.5, 0.6) is 0 Å². The minimum absolute atomic E-state index is 0.163. The van der Waals surface area contributed by atoms with Crippen LogP contribution in [0.25, 0.3) is 0 Å². The van der Waals surface area contributed by atoms with Crippen LogP contribution in [0.1, 0.15) is 31.0 Å². The number of rotatable bonds is 7. The Labute approximate surface area is 136 Å². The molecule has 118 valence electrons. The number of thiazole rings is 1. The molecule has 1 heterocycles.